The Morgan fingerprint density at radius 2 is 2.04 bits per heavy atom. The SMILES string of the molecule is CCn1ccnc1SCC(=O)Nc1ccc(N2CCOCC2)cc1. The molecule has 1 aliphatic heterocycles. The molecule has 1 aromatic carbocycles. The lowest BCUT2D eigenvalue weighted by Crippen LogP contribution is -2.36. The summed E-state index contributed by atoms with van der Waals surface area (Å²) in [7, 11) is 0. The Balaban J connectivity index is 1.51. The van der Waals surface area contributed by atoms with Gasteiger partial charge in [0.2, 0.25) is 5.91 Å². The van der Waals surface area contributed by atoms with Crippen molar-refractivity contribution in [2.75, 3.05) is 42.3 Å². The molecular weight excluding hydrogens is 324 g/mol. The maximum absolute atomic E-state index is 12.1. The molecule has 6 nitrogen and oxygen atoms in total. The van der Waals surface area contributed by atoms with Crippen LogP contribution in [0.3, 0.4) is 0 Å². The van der Waals surface area contributed by atoms with Gasteiger partial charge in [0.15, 0.2) is 5.16 Å². The Labute approximate surface area is 146 Å². The minimum absolute atomic E-state index is 0.0234. The number of anilines is 2. The van der Waals surface area contributed by atoms with Gasteiger partial charge in [-0.2, -0.15) is 0 Å². The standard InChI is InChI=1S/C17H22N4O2S/c1-2-20-8-7-18-17(20)24-13-16(22)19-14-3-5-15(6-4-14)21-9-11-23-12-10-21/h3-8H,2,9-13H2,1H3,(H,19,22). The van der Waals surface area contributed by atoms with Crippen LogP contribution in [0.5, 0.6) is 0 Å². The summed E-state index contributed by atoms with van der Waals surface area (Å²) < 4.78 is 7.39. The first-order valence-corrected chi connectivity index (χ1v) is 9.11. The molecular formula is C17H22N4O2S. The Kier molecular flexibility index (Phi) is 5.77. The molecule has 0 saturated carbocycles. The van der Waals surface area contributed by atoms with Crippen molar-refractivity contribution in [1.29, 1.82) is 0 Å². The van der Waals surface area contributed by atoms with Crippen molar-refractivity contribution >= 4 is 29.0 Å². The number of aromatic nitrogens is 2. The van der Waals surface area contributed by atoms with E-state index in [0.717, 1.165) is 49.4 Å². The van der Waals surface area contributed by atoms with Crippen LogP contribution in [-0.2, 0) is 16.1 Å². The molecule has 0 radical (unpaired) electrons. The zero-order chi connectivity index (χ0) is 16.8. The summed E-state index contributed by atoms with van der Waals surface area (Å²) in [6, 6.07) is 7.97. The van der Waals surface area contributed by atoms with Crippen molar-refractivity contribution in [2.24, 2.45) is 0 Å². The fourth-order valence-corrected chi connectivity index (χ4v) is 3.40. The van der Waals surface area contributed by atoms with Crippen molar-refractivity contribution in [3.05, 3.63) is 36.7 Å². The molecule has 1 aromatic heterocycles. The van der Waals surface area contributed by atoms with Crippen LogP contribution in [0, 0.1) is 0 Å². The molecule has 1 saturated heterocycles. The van der Waals surface area contributed by atoms with Gasteiger partial charge in [0.25, 0.3) is 0 Å². The summed E-state index contributed by atoms with van der Waals surface area (Å²) in [5, 5.41) is 3.80. The van der Waals surface area contributed by atoms with Crippen LogP contribution in [0.1, 0.15) is 6.92 Å². The van der Waals surface area contributed by atoms with Gasteiger partial charge in [0.05, 0.1) is 19.0 Å². The van der Waals surface area contributed by atoms with E-state index in [1.165, 1.54) is 11.8 Å². The number of amides is 1. The lowest BCUT2D eigenvalue weighted by molar-refractivity contribution is -0.113. The van der Waals surface area contributed by atoms with Gasteiger partial charge < -0.3 is 19.5 Å². The molecule has 0 bridgehead atoms. The molecule has 1 amide bonds. The maximum Gasteiger partial charge on any atom is 0.234 e. The van der Waals surface area contributed by atoms with E-state index >= 15 is 0 Å². The number of aryl methyl sites for hydroxylation is 1. The van der Waals surface area contributed by atoms with E-state index in [9.17, 15) is 4.79 Å². The van der Waals surface area contributed by atoms with Crippen molar-refractivity contribution in [1.82, 2.24) is 9.55 Å². The minimum atomic E-state index is -0.0234. The van der Waals surface area contributed by atoms with Crippen LogP contribution in [0.4, 0.5) is 11.4 Å². The first-order valence-electron chi connectivity index (χ1n) is 8.13. The quantitative estimate of drug-likeness (QED) is 0.814. The normalized spacial score (nSPS) is 14.6. The number of morpholine rings is 1. The number of rotatable bonds is 6. The lowest BCUT2D eigenvalue weighted by Gasteiger charge is -2.28. The third-order valence-corrected chi connectivity index (χ3v) is 4.88. The minimum Gasteiger partial charge on any atom is -0.378 e. The van der Waals surface area contributed by atoms with Crippen LogP contribution >= 0.6 is 11.8 Å². The van der Waals surface area contributed by atoms with Crippen LogP contribution < -0.4 is 10.2 Å². The van der Waals surface area contributed by atoms with Gasteiger partial charge in [-0.15, -0.1) is 0 Å². The van der Waals surface area contributed by atoms with Gasteiger partial charge in [-0.05, 0) is 31.2 Å². The Bertz CT molecular complexity index is 665. The summed E-state index contributed by atoms with van der Waals surface area (Å²) in [6.45, 7) is 6.26. The second-order valence-corrected chi connectivity index (χ2v) is 6.42. The fourth-order valence-electron chi connectivity index (χ4n) is 2.58. The molecule has 1 aliphatic rings. The number of ether oxygens (including phenoxy) is 1. The maximum atomic E-state index is 12.1. The summed E-state index contributed by atoms with van der Waals surface area (Å²) in [5.41, 5.74) is 1.98. The molecule has 128 valence electrons. The number of nitrogens with one attached hydrogen (secondary N) is 1. The number of carbonyl (C=O) groups is 1. The molecule has 7 heteroatoms. The number of carbonyl (C=O) groups excluding carboxylic acids is 1. The highest BCUT2D eigenvalue weighted by atomic mass is 32.2. The van der Waals surface area contributed by atoms with Crippen LogP contribution in [0.2, 0.25) is 0 Å². The van der Waals surface area contributed by atoms with Crippen LogP contribution in [0.25, 0.3) is 0 Å². The van der Waals surface area contributed by atoms with E-state index in [4.69, 9.17) is 4.74 Å². The number of imidazole rings is 1. The highest BCUT2D eigenvalue weighted by molar-refractivity contribution is 7.99. The highest BCUT2D eigenvalue weighted by Crippen LogP contribution is 2.20. The van der Waals surface area contributed by atoms with Crippen molar-refractivity contribution < 1.29 is 9.53 Å². The van der Waals surface area contributed by atoms with E-state index in [1.54, 1.807) is 6.20 Å². The predicted molar refractivity (Wildman–Crippen MR) is 96.7 cm³/mol. The molecule has 24 heavy (non-hydrogen) atoms. The van der Waals surface area contributed by atoms with E-state index in [2.05, 4.69) is 22.1 Å². The Morgan fingerprint density at radius 1 is 1.29 bits per heavy atom. The first kappa shape index (κ1) is 16.9. The van der Waals surface area contributed by atoms with Gasteiger partial charge in [-0.1, -0.05) is 11.8 Å². The third kappa shape index (κ3) is 4.30. The molecule has 0 atom stereocenters. The molecule has 1 N–H and O–H groups in total. The predicted octanol–water partition coefficient (Wildman–Crippen LogP) is 2.47. The van der Waals surface area contributed by atoms with E-state index < -0.39 is 0 Å². The van der Waals surface area contributed by atoms with Crippen molar-refractivity contribution in [2.45, 2.75) is 18.6 Å². The van der Waals surface area contributed by atoms with Crippen molar-refractivity contribution in [3.63, 3.8) is 0 Å². The fraction of sp³-hybridized carbons (Fsp3) is 0.412. The third-order valence-electron chi connectivity index (χ3n) is 3.88. The number of benzene rings is 1. The lowest BCUT2D eigenvalue weighted by atomic mass is 10.2. The molecule has 0 spiro atoms. The molecule has 1 fully saturated rings. The number of hydrogen-bond donors (Lipinski definition) is 1. The number of nitrogens with zero attached hydrogens (tertiary/aromatic N) is 3. The topological polar surface area (TPSA) is 59.4 Å². The van der Waals surface area contributed by atoms with E-state index in [-0.39, 0.29) is 5.91 Å². The van der Waals surface area contributed by atoms with Crippen LogP contribution in [-0.4, -0.2) is 47.5 Å². The molecule has 0 aliphatic carbocycles. The van der Waals surface area contributed by atoms with Gasteiger partial charge in [-0.3, -0.25) is 4.79 Å². The average molecular weight is 346 g/mol. The average Bonchev–Trinajstić information content (AvgIpc) is 3.09. The van der Waals surface area contributed by atoms with Crippen molar-refractivity contribution in [3.8, 4) is 0 Å². The van der Waals surface area contributed by atoms with Gasteiger partial charge in [-0.25, -0.2) is 4.98 Å². The summed E-state index contributed by atoms with van der Waals surface area (Å²) in [5.74, 6) is 0.326. The molecule has 2 heterocycles. The summed E-state index contributed by atoms with van der Waals surface area (Å²) in [4.78, 5) is 18.6. The number of thioether (sulfide) groups is 1. The van der Waals surface area contributed by atoms with Gasteiger partial charge in [0, 0.05) is 43.4 Å². The molecule has 2 aromatic rings. The zero-order valence-electron chi connectivity index (χ0n) is 13.8. The smallest absolute Gasteiger partial charge is 0.234 e. The van der Waals surface area contributed by atoms with E-state index in [1.807, 2.05) is 35.0 Å². The Morgan fingerprint density at radius 3 is 2.75 bits per heavy atom. The second kappa shape index (κ2) is 8.21. The molecule has 3 rings (SSSR count). The number of hydrogen-bond acceptors (Lipinski definition) is 5. The van der Waals surface area contributed by atoms with E-state index in [0.29, 0.717) is 5.75 Å². The molecule has 0 unspecified atom stereocenters. The van der Waals surface area contributed by atoms with Gasteiger partial charge in [0.1, 0.15) is 0 Å². The summed E-state index contributed by atoms with van der Waals surface area (Å²) in [6.07, 6.45) is 3.68. The first-order chi connectivity index (χ1) is 11.8. The van der Waals surface area contributed by atoms with Crippen LogP contribution in [0.15, 0.2) is 41.8 Å². The largest absolute Gasteiger partial charge is 0.378 e. The monoisotopic (exact) mass is 346 g/mol. The Hall–Kier alpha value is -1.99. The van der Waals surface area contributed by atoms with Gasteiger partial charge >= 0.3 is 0 Å². The highest BCUT2D eigenvalue weighted by Gasteiger charge is 2.11. The summed E-state index contributed by atoms with van der Waals surface area (Å²) >= 11 is 1.45. The second-order valence-electron chi connectivity index (χ2n) is 5.48. The zero-order valence-corrected chi connectivity index (χ0v) is 14.6.